The summed E-state index contributed by atoms with van der Waals surface area (Å²) in [6.07, 6.45) is -4.51. The highest BCUT2D eigenvalue weighted by Gasteiger charge is 2.31. The van der Waals surface area contributed by atoms with E-state index < -0.39 is 21.6 Å². The number of halogens is 3. The van der Waals surface area contributed by atoms with E-state index in [1.807, 2.05) is 0 Å². The molecule has 0 aliphatic rings. The van der Waals surface area contributed by atoms with Crippen molar-refractivity contribution >= 4 is 9.84 Å². The molecule has 0 aliphatic carbocycles. The summed E-state index contributed by atoms with van der Waals surface area (Å²) in [7, 11) is -3.58. The predicted molar refractivity (Wildman–Crippen MR) is 49.2 cm³/mol. The van der Waals surface area contributed by atoms with Gasteiger partial charge in [-0.15, -0.1) is 0 Å². The lowest BCUT2D eigenvalue weighted by Gasteiger charge is -2.08. The average Bonchev–Trinajstić information content (AvgIpc) is 2.17. The highest BCUT2D eigenvalue weighted by Crippen LogP contribution is 2.30. The summed E-state index contributed by atoms with van der Waals surface area (Å²) in [4.78, 5) is -0.292. The summed E-state index contributed by atoms with van der Waals surface area (Å²) in [5.74, 6) is -0.214. The van der Waals surface area contributed by atoms with E-state index >= 15 is 0 Å². The summed E-state index contributed by atoms with van der Waals surface area (Å²) < 4.78 is 59.4. The van der Waals surface area contributed by atoms with E-state index in [2.05, 4.69) is 0 Å². The van der Waals surface area contributed by atoms with Crippen molar-refractivity contribution in [3.8, 4) is 0 Å². The smallest absolute Gasteiger partial charge is 0.224 e. The number of hydrogen-bond donors (Lipinski definition) is 0. The van der Waals surface area contributed by atoms with Crippen molar-refractivity contribution in [2.45, 2.75) is 18.0 Å². The maximum atomic E-state index is 12.3. The van der Waals surface area contributed by atoms with Crippen LogP contribution in [0.5, 0.6) is 0 Å². The molecule has 84 valence electrons. The van der Waals surface area contributed by atoms with Gasteiger partial charge in [0.15, 0.2) is 9.84 Å². The highest BCUT2D eigenvalue weighted by atomic mass is 32.2. The summed E-state index contributed by atoms with van der Waals surface area (Å²) in [6.45, 7) is 1.38. The minimum atomic E-state index is -4.51. The van der Waals surface area contributed by atoms with Gasteiger partial charge in [-0.05, 0) is 18.2 Å². The van der Waals surface area contributed by atoms with Crippen LogP contribution in [-0.4, -0.2) is 14.2 Å². The van der Waals surface area contributed by atoms with Crippen molar-refractivity contribution < 1.29 is 21.6 Å². The van der Waals surface area contributed by atoms with Gasteiger partial charge in [0.05, 0.1) is 16.2 Å². The molecule has 1 aromatic rings. The van der Waals surface area contributed by atoms with Gasteiger partial charge in [0.25, 0.3) is 0 Å². The van der Waals surface area contributed by atoms with Crippen LogP contribution in [0.2, 0.25) is 0 Å². The number of hydrogen-bond acceptors (Lipinski definition) is 2. The molecule has 0 atom stereocenters. The molecule has 0 saturated carbocycles. The van der Waals surface area contributed by atoms with Crippen molar-refractivity contribution in [1.29, 1.82) is 0 Å². The number of benzene rings is 1. The van der Waals surface area contributed by atoms with Gasteiger partial charge in [-0.25, -0.2) is 8.42 Å². The maximum absolute atomic E-state index is 12.3. The van der Waals surface area contributed by atoms with Crippen molar-refractivity contribution in [2.24, 2.45) is 0 Å². The van der Waals surface area contributed by atoms with Crippen LogP contribution in [0.25, 0.3) is 0 Å². The zero-order valence-electron chi connectivity index (χ0n) is 7.88. The van der Waals surface area contributed by atoms with E-state index in [1.165, 1.54) is 6.92 Å². The van der Waals surface area contributed by atoms with Crippen LogP contribution in [0.1, 0.15) is 12.5 Å². The quantitative estimate of drug-likeness (QED) is 0.793. The minimum Gasteiger partial charge on any atom is -0.224 e. The Labute approximate surface area is 85.6 Å². The number of sulfone groups is 1. The predicted octanol–water partition coefficient (Wildman–Crippen LogP) is 2.50. The zero-order valence-corrected chi connectivity index (χ0v) is 8.69. The molecule has 0 spiro atoms. The van der Waals surface area contributed by atoms with Crippen molar-refractivity contribution in [3.05, 3.63) is 29.8 Å². The standard InChI is InChI=1S/C9H9F3O2S/c1-2-15(13,14)8-5-3-4-7(6-8)9(10,11)12/h3-6H,2H2,1H3. The van der Waals surface area contributed by atoms with Gasteiger partial charge in [-0.1, -0.05) is 13.0 Å². The first-order valence-electron chi connectivity index (χ1n) is 4.17. The molecule has 0 amide bonds. The summed E-state index contributed by atoms with van der Waals surface area (Å²) >= 11 is 0. The number of rotatable bonds is 2. The third-order valence-corrected chi connectivity index (χ3v) is 3.63. The lowest BCUT2D eigenvalue weighted by molar-refractivity contribution is -0.137. The van der Waals surface area contributed by atoms with Gasteiger partial charge in [0.2, 0.25) is 0 Å². The van der Waals surface area contributed by atoms with E-state index in [4.69, 9.17) is 0 Å². The van der Waals surface area contributed by atoms with Gasteiger partial charge in [0.1, 0.15) is 0 Å². The van der Waals surface area contributed by atoms with Crippen LogP contribution < -0.4 is 0 Å². The maximum Gasteiger partial charge on any atom is 0.416 e. The SMILES string of the molecule is CCS(=O)(=O)c1cccc(C(F)(F)F)c1. The average molecular weight is 238 g/mol. The minimum absolute atomic E-state index is 0.214. The monoisotopic (exact) mass is 238 g/mol. The molecule has 1 rings (SSSR count). The summed E-state index contributed by atoms with van der Waals surface area (Å²) in [6, 6.07) is 3.74. The van der Waals surface area contributed by atoms with E-state index in [0.717, 1.165) is 18.2 Å². The van der Waals surface area contributed by atoms with Gasteiger partial charge in [0, 0.05) is 0 Å². The Bertz CT molecular complexity index is 449. The van der Waals surface area contributed by atoms with Crippen molar-refractivity contribution in [3.63, 3.8) is 0 Å². The topological polar surface area (TPSA) is 34.1 Å². The Morgan fingerprint density at radius 2 is 1.87 bits per heavy atom. The Morgan fingerprint density at radius 1 is 1.27 bits per heavy atom. The summed E-state index contributed by atoms with van der Waals surface area (Å²) in [5, 5.41) is 0. The molecule has 0 fully saturated rings. The van der Waals surface area contributed by atoms with Crippen molar-refractivity contribution in [1.82, 2.24) is 0 Å². The van der Waals surface area contributed by atoms with E-state index in [0.29, 0.717) is 6.07 Å². The van der Waals surface area contributed by atoms with Crippen molar-refractivity contribution in [2.75, 3.05) is 5.75 Å². The molecule has 0 saturated heterocycles. The Morgan fingerprint density at radius 3 is 2.33 bits per heavy atom. The molecule has 0 N–H and O–H groups in total. The van der Waals surface area contributed by atoms with Crippen LogP contribution in [0.3, 0.4) is 0 Å². The molecular weight excluding hydrogens is 229 g/mol. The molecule has 0 unspecified atom stereocenters. The molecule has 2 nitrogen and oxygen atoms in total. The van der Waals surface area contributed by atoms with Gasteiger partial charge in [-0.3, -0.25) is 0 Å². The summed E-state index contributed by atoms with van der Waals surface area (Å²) in [5.41, 5.74) is -0.947. The highest BCUT2D eigenvalue weighted by molar-refractivity contribution is 7.91. The normalized spacial score (nSPS) is 12.8. The van der Waals surface area contributed by atoms with Gasteiger partial charge in [-0.2, -0.15) is 13.2 Å². The molecule has 0 radical (unpaired) electrons. The Kier molecular flexibility index (Phi) is 3.08. The van der Waals surface area contributed by atoms with E-state index in [-0.39, 0.29) is 10.6 Å². The van der Waals surface area contributed by atoms with Crippen LogP contribution in [-0.2, 0) is 16.0 Å². The molecule has 6 heteroatoms. The van der Waals surface area contributed by atoms with Crippen LogP contribution in [0.4, 0.5) is 13.2 Å². The molecule has 15 heavy (non-hydrogen) atoms. The van der Waals surface area contributed by atoms with Gasteiger partial charge >= 0.3 is 6.18 Å². The molecule has 1 aromatic carbocycles. The lowest BCUT2D eigenvalue weighted by atomic mass is 10.2. The Hall–Kier alpha value is -1.04. The fourth-order valence-corrected chi connectivity index (χ4v) is 1.96. The third-order valence-electron chi connectivity index (χ3n) is 1.90. The second-order valence-electron chi connectivity index (χ2n) is 2.93. The molecule has 0 bridgehead atoms. The molecule has 0 aromatic heterocycles. The molecule has 0 aliphatic heterocycles. The van der Waals surface area contributed by atoms with E-state index in [1.54, 1.807) is 0 Å². The number of alkyl halides is 3. The molecule has 0 heterocycles. The Balaban J connectivity index is 3.27. The first-order valence-corrected chi connectivity index (χ1v) is 5.82. The van der Waals surface area contributed by atoms with Crippen LogP contribution in [0.15, 0.2) is 29.2 Å². The molecular formula is C9H9F3O2S. The second-order valence-corrected chi connectivity index (χ2v) is 5.21. The largest absolute Gasteiger partial charge is 0.416 e. The first-order chi connectivity index (χ1) is 6.77. The fraction of sp³-hybridized carbons (Fsp3) is 0.333. The zero-order chi connectivity index (χ0) is 11.7. The first kappa shape index (κ1) is 12.0. The third kappa shape index (κ3) is 2.71. The van der Waals surface area contributed by atoms with Crippen LogP contribution in [0, 0.1) is 0 Å². The van der Waals surface area contributed by atoms with Crippen LogP contribution >= 0.6 is 0 Å². The van der Waals surface area contributed by atoms with Gasteiger partial charge < -0.3 is 0 Å². The fourth-order valence-electron chi connectivity index (χ4n) is 1.03. The lowest BCUT2D eigenvalue weighted by Crippen LogP contribution is -2.08. The second kappa shape index (κ2) is 3.84. The van der Waals surface area contributed by atoms with E-state index in [9.17, 15) is 21.6 Å².